The third-order valence-electron chi connectivity index (χ3n) is 4.98. The molecule has 0 unspecified atom stereocenters. The third kappa shape index (κ3) is 2.92. The molecule has 4 rings (SSSR count). The maximum Gasteiger partial charge on any atom is 0.158 e. The van der Waals surface area contributed by atoms with Crippen molar-refractivity contribution in [3.63, 3.8) is 0 Å². The molecule has 2 aliphatic rings. The second-order valence-electron chi connectivity index (χ2n) is 6.56. The maximum absolute atomic E-state index is 5.50. The molecule has 6 heteroatoms. The van der Waals surface area contributed by atoms with E-state index in [4.69, 9.17) is 4.52 Å². The lowest BCUT2D eigenvalue weighted by atomic mass is 9.95. The standard InChI is InChI=1S/C16H23N5O/c1-2-4-12(3-1)16-11-21(20-18-16)10-14-9-15(19-22-14)13-5-7-17-8-6-13/h9,11-13,17H,1-8,10H2. The quantitative estimate of drug-likeness (QED) is 0.939. The van der Waals surface area contributed by atoms with Crippen molar-refractivity contribution in [1.29, 1.82) is 0 Å². The van der Waals surface area contributed by atoms with E-state index in [0.717, 1.165) is 43.1 Å². The molecule has 0 aromatic carbocycles. The van der Waals surface area contributed by atoms with Gasteiger partial charge in [0.2, 0.25) is 0 Å². The van der Waals surface area contributed by atoms with Crippen LogP contribution in [0.1, 0.15) is 67.5 Å². The summed E-state index contributed by atoms with van der Waals surface area (Å²) in [5, 5.41) is 16.2. The van der Waals surface area contributed by atoms with Crippen LogP contribution >= 0.6 is 0 Å². The Morgan fingerprint density at radius 2 is 1.86 bits per heavy atom. The number of aromatic nitrogens is 4. The van der Waals surface area contributed by atoms with Crippen LogP contribution in [0.25, 0.3) is 0 Å². The molecule has 118 valence electrons. The van der Waals surface area contributed by atoms with Crippen LogP contribution in [0.2, 0.25) is 0 Å². The first-order valence-electron chi connectivity index (χ1n) is 8.45. The molecule has 2 aromatic rings. The summed E-state index contributed by atoms with van der Waals surface area (Å²) in [6.45, 7) is 2.76. The van der Waals surface area contributed by atoms with E-state index in [2.05, 4.69) is 33.0 Å². The molecule has 1 aliphatic carbocycles. The predicted molar refractivity (Wildman–Crippen MR) is 81.7 cm³/mol. The molecule has 1 saturated carbocycles. The van der Waals surface area contributed by atoms with Gasteiger partial charge in [-0.3, -0.25) is 0 Å². The highest BCUT2D eigenvalue weighted by molar-refractivity contribution is 5.12. The molecular formula is C16H23N5O. The van der Waals surface area contributed by atoms with Crippen molar-refractivity contribution in [2.24, 2.45) is 0 Å². The summed E-state index contributed by atoms with van der Waals surface area (Å²) in [7, 11) is 0. The Bertz CT molecular complexity index is 608. The topological polar surface area (TPSA) is 68.8 Å². The fourth-order valence-electron chi connectivity index (χ4n) is 3.67. The number of piperidine rings is 1. The molecule has 0 spiro atoms. The van der Waals surface area contributed by atoms with E-state index in [1.54, 1.807) is 0 Å². The number of nitrogens with one attached hydrogen (secondary N) is 1. The van der Waals surface area contributed by atoms with Gasteiger partial charge < -0.3 is 9.84 Å². The second-order valence-corrected chi connectivity index (χ2v) is 6.56. The van der Waals surface area contributed by atoms with Crippen LogP contribution < -0.4 is 5.32 Å². The average Bonchev–Trinajstić information content (AvgIpc) is 3.30. The van der Waals surface area contributed by atoms with Crippen LogP contribution in [0.5, 0.6) is 0 Å². The number of hydrogen-bond acceptors (Lipinski definition) is 5. The van der Waals surface area contributed by atoms with Crippen LogP contribution in [0, 0.1) is 0 Å². The van der Waals surface area contributed by atoms with E-state index in [0.29, 0.717) is 18.4 Å². The lowest BCUT2D eigenvalue weighted by molar-refractivity contribution is 0.352. The summed E-state index contributed by atoms with van der Waals surface area (Å²) in [6, 6.07) is 2.09. The molecule has 0 radical (unpaired) electrons. The minimum absolute atomic E-state index is 0.531. The van der Waals surface area contributed by atoms with Gasteiger partial charge in [0.1, 0.15) is 6.54 Å². The Labute approximate surface area is 130 Å². The Kier molecular flexibility index (Phi) is 3.93. The Morgan fingerprint density at radius 3 is 2.68 bits per heavy atom. The molecule has 1 aliphatic heterocycles. The van der Waals surface area contributed by atoms with Gasteiger partial charge in [-0.15, -0.1) is 5.10 Å². The number of nitrogens with zero attached hydrogens (tertiary/aromatic N) is 4. The minimum Gasteiger partial charge on any atom is -0.359 e. The van der Waals surface area contributed by atoms with E-state index in [-0.39, 0.29) is 0 Å². The Morgan fingerprint density at radius 1 is 1.09 bits per heavy atom. The highest BCUT2D eigenvalue weighted by Gasteiger charge is 2.21. The van der Waals surface area contributed by atoms with Gasteiger partial charge >= 0.3 is 0 Å². The van der Waals surface area contributed by atoms with Crippen LogP contribution in [-0.4, -0.2) is 33.2 Å². The molecule has 0 amide bonds. The largest absolute Gasteiger partial charge is 0.359 e. The van der Waals surface area contributed by atoms with Crippen molar-refractivity contribution in [2.45, 2.75) is 56.9 Å². The van der Waals surface area contributed by atoms with Crippen molar-refractivity contribution in [2.75, 3.05) is 13.1 Å². The average molecular weight is 301 g/mol. The predicted octanol–water partition coefficient (Wildman–Crippen LogP) is 2.44. The van der Waals surface area contributed by atoms with Gasteiger partial charge in [-0.05, 0) is 38.8 Å². The summed E-state index contributed by atoms with van der Waals surface area (Å²) in [4.78, 5) is 0. The van der Waals surface area contributed by atoms with Crippen LogP contribution in [0.4, 0.5) is 0 Å². The third-order valence-corrected chi connectivity index (χ3v) is 4.98. The van der Waals surface area contributed by atoms with Gasteiger partial charge in [0.05, 0.1) is 11.4 Å². The van der Waals surface area contributed by atoms with Crippen LogP contribution in [-0.2, 0) is 6.54 Å². The first-order valence-corrected chi connectivity index (χ1v) is 8.45. The summed E-state index contributed by atoms with van der Waals surface area (Å²) in [6.07, 6.45) is 9.49. The van der Waals surface area contributed by atoms with Crippen LogP contribution in [0.3, 0.4) is 0 Å². The minimum atomic E-state index is 0.531. The van der Waals surface area contributed by atoms with Gasteiger partial charge in [-0.2, -0.15) is 0 Å². The summed E-state index contributed by atoms with van der Waals surface area (Å²) < 4.78 is 7.37. The second kappa shape index (κ2) is 6.20. The SMILES string of the molecule is c1c(C2CCNCC2)noc1Cn1cc(C2CCCC2)nn1. The summed E-state index contributed by atoms with van der Waals surface area (Å²) >= 11 is 0. The first kappa shape index (κ1) is 13.9. The summed E-state index contributed by atoms with van der Waals surface area (Å²) in [5.74, 6) is 2.01. The molecule has 2 aromatic heterocycles. The Hall–Kier alpha value is -1.69. The van der Waals surface area contributed by atoms with E-state index in [1.807, 2.05) is 4.68 Å². The normalized spacial score (nSPS) is 20.7. The molecule has 1 saturated heterocycles. The molecule has 1 N–H and O–H groups in total. The van der Waals surface area contributed by atoms with Crippen molar-refractivity contribution in [3.8, 4) is 0 Å². The van der Waals surface area contributed by atoms with Crippen molar-refractivity contribution in [1.82, 2.24) is 25.5 Å². The molecule has 22 heavy (non-hydrogen) atoms. The van der Waals surface area contributed by atoms with Gasteiger partial charge in [-0.25, -0.2) is 4.68 Å². The fraction of sp³-hybridized carbons (Fsp3) is 0.688. The summed E-state index contributed by atoms with van der Waals surface area (Å²) in [5.41, 5.74) is 2.23. The van der Waals surface area contributed by atoms with Gasteiger partial charge in [0.15, 0.2) is 5.76 Å². The zero-order chi connectivity index (χ0) is 14.8. The monoisotopic (exact) mass is 301 g/mol. The highest BCUT2D eigenvalue weighted by Crippen LogP contribution is 2.32. The van der Waals surface area contributed by atoms with Crippen molar-refractivity contribution >= 4 is 0 Å². The number of hydrogen-bond donors (Lipinski definition) is 1. The lowest BCUT2D eigenvalue weighted by Crippen LogP contribution is -2.26. The zero-order valence-corrected chi connectivity index (χ0v) is 12.9. The van der Waals surface area contributed by atoms with E-state index < -0.39 is 0 Å². The molecule has 3 heterocycles. The maximum atomic E-state index is 5.50. The fourth-order valence-corrected chi connectivity index (χ4v) is 3.67. The van der Waals surface area contributed by atoms with Gasteiger partial charge in [-0.1, -0.05) is 23.2 Å². The van der Waals surface area contributed by atoms with E-state index in [1.165, 1.54) is 25.7 Å². The van der Waals surface area contributed by atoms with Gasteiger partial charge in [0.25, 0.3) is 0 Å². The first-order chi connectivity index (χ1) is 10.9. The smallest absolute Gasteiger partial charge is 0.158 e. The van der Waals surface area contributed by atoms with Crippen molar-refractivity contribution in [3.05, 3.63) is 29.4 Å². The molecule has 0 atom stereocenters. The molecule has 6 nitrogen and oxygen atoms in total. The van der Waals surface area contributed by atoms with E-state index in [9.17, 15) is 0 Å². The number of rotatable bonds is 4. The van der Waals surface area contributed by atoms with Gasteiger partial charge in [0, 0.05) is 24.1 Å². The highest BCUT2D eigenvalue weighted by atomic mass is 16.5. The van der Waals surface area contributed by atoms with E-state index >= 15 is 0 Å². The molecule has 2 fully saturated rings. The molecule has 0 bridgehead atoms. The van der Waals surface area contributed by atoms with Crippen molar-refractivity contribution < 1.29 is 4.52 Å². The zero-order valence-electron chi connectivity index (χ0n) is 12.9. The lowest BCUT2D eigenvalue weighted by Gasteiger charge is -2.19. The Balaban J connectivity index is 1.41. The molecular weight excluding hydrogens is 278 g/mol. The van der Waals surface area contributed by atoms with Crippen LogP contribution in [0.15, 0.2) is 16.8 Å².